The van der Waals surface area contributed by atoms with Gasteiger partial charge in [0.05, 0.1) is 6.21 Å². The van der Waals surface area contributed by atoms with Crippen molar-refractivity contribution < 1.29 is 4.79 Å². The van der Waals surface area contributed by atoms with Crippen LogP contribution in [0.25, 0.3) is 21.5 Å². The van der Waals surface area contributed by atoms with Gasteiger partial charge in [-0.2, -0.15) is 5.10 Å². The molecule has 2 saturated carbocycles. The summed E-state index contributed by atoms with van der Waals surface area (Å²) < 4.78 is 0. The summed E-state index contributed by atoms with van der Waals surface area (Å²) in [5, 5.41) is 9.05. The van der Waals surface area contributed by atoms with Gasteiger partial charge >= 0.3 is 0 Å². The molecule has 1 amide bonds. The maximum atomic E-state index is 12.7. The molecule has 136 valence electrons. The van der Waals surface area contributed by atoms with Crippen LogP contribution in [-0.2, 0) is 4.79 Å². The van der Waals surface area contributed by atoms with Crippen molar-refractivity contribution in [3.05, 3.63) is 60.2 Å². The lowest BCUT2D eigenvalue weighted by molar-refractivity contribution is -0.123. The van der Waals surface area contributed by atoms with Crippen LogP contribution in [0, 0.1) is 17.3 Å². The SMILES string of the molecule is C[C@@]12CCCC[C@@H]1[C@@H]2C(=O)N/N=C\c1c2ccccc2cc2ccccc12. The Morgan fingerprint density at radius 3 is 2.37 bits per heavy atom. The van der Waals surface area contributed by atoms with Crippen LogP contribution in [-0.4, -0.2) is 12.1 Å². The molecule has 3 heteroatoms. The molecule has 0 aromatic heterocycles. The van der Waals surface area contributed by atoms with Gasteiger partial charge in [0.25, 0.3) is 0 Å². The van der Waals surface area contributed by atoms with E-state index in [1.165, 1.54) is 36.5 Å². The van der Waals surface area contributed by atoms with Gasteiger partial charge in [-0.25, -0.2) is 5.43 Å². The van der Waals surface area contributed by atoms with Crippen LogP contribution in [0.15, 0.2) is 59.7 Å². The van der Waals surface area contributed by atoms with Gasteiger partial charge in [0.15, 0.2) is 0 Å². The van der Waals surface area contributed by atoms with Crippen molar-refractivity contribution in [1.82, 2.24) is 5.43 Å². The van der Waals surface area contributed by atoms with E-state index in [0.717, 1.165) is 16.3 Å². The number of hydrogen-bond acceptors (Lipinski definition) is 2. The highest BCUT2D eigenvalue weighted by Gasteiger charge is 2.64. The second kappa shape index (κ2) is 6.19. The topological polar surface area (TPSA) is 41.5 Å². The zero-order valence-electron chi connectivity index (χ0n) is 15.6. The Hall–Kier alpha value is -2.68. The number of amides is 1. The molecular weight excluding hydrogens is 332 g/mol. The van der Waals surface area contributed by atoms with E-state index in [1.54, 1.807) is 0 Å². The Bertz CT molecular complexity index is 1020. The third kappa shape index (κ3) is 2.64. The zero-order valence-corrected chi connectivity index (χ0v) is 15.6. The number of carbonyl (C=O) groups excluding carboxylic acids is 1. The average Bonchev–Trinajstić information content (AvgIpc) is 3.33. The zero-order chi connectivity index (χ0) is 18.4. The number of hydrogen-bond donors (Lipinski definition) is 1. The predicted molar refractivity (Wildman–Crippen MR) is 111 cm³/mol. The minimum atomic E-state index is 0.0881. The van der Waals surface area contributed by atoms with E-state index in [1.807, 2.05) is 18.3 Å². The smallest absolute Gasteiger partial charge is 0.244 e. The number of nitrogens with zero attached hydrogens (tertiary/aromatic N) is 1. The Morgan fingerprint density at radius 1 is 1.07 bits per heavy atom. The molecule has 0 saturated heterocycles. The molecule has 2 aliphatic carbocycles. The van der Waals surface area contributed by atoms with Crippen molar-refractivity contribution in [2.24, 2.45) is 22.4 Å². The van der Waals surface area contributed by atoms with E-state index in [9.17, 15) is 4.79 Å². The molecule has 2 fully saturated rings. The minimum absolute atomic E-state index is 0.0881. The van der Waals surface area contributed by atoms with Crippen LogP contribution < -0.4 is 5.43 Å². The number of fused-ring (bicyclic) bond motifs is 3. The molecule has 3 aromatic carbocycles. The van der Waals surface area contributed by atoms with E-state index in [0.29, 0.717) is 5.92 Å². The molecule has 1 N–H and O–H groups in total. The fourth-order valence-electron chi connectivity index (χ4n) is 5.27. The highest BCUT2D eigenvalue weighted by molar-refractivity contribution is 6.13. The second-order valence-corrected chi connectivity index (χ2v) is 8.30. The molecule has 0 bridgehead atoms. The van der Waals surface area contributed by atoms with E-state index in [2.05, 4.69) is 59.9 Å². The molecule has 3 aromatic rings. The lowest BCUT2D eigenvalue weighted by atomic mass is 9.90. The first-order valence-corrected chi connectivity index (χ1v) is 9.92. The number of benzene rings is 3. The summed E-state index contributed by atoms with van der Waals surface area (Å²) in [5.41, 5.74) is 4.11. The molecule has 0 unspecified atom stereocenters. The molecule has 0 aliphatic heterocycles. The Labute approximate surface area is 159 Å². The maximum absolute atomic E-state index is 12.7. The van der Waals surface area contributed by atoms with Crippen molar-refractivity contribution in [1.29, 1.82) is 0 Å². The quantitative estimate of drug-likeness (QED) is 0.388. The standard InChI is InChI=1S/C24H24N2O/c1-24-13-7-6-12-21(24)22(24)23(27)26-25-15-20-18-10-4-2-8-16(18)14-17-9-3-5-11-19(17)20/h2-5,8-11,14-15,21-22H,6-7,12-13H2,1H3,(H,26,27)/b25-15-/t21-,22-,24-/m1/s1. The van der Waals surface area contributed by atoms with Crippen molar-refractivity contribution in [2.75, 3.05) is 0 Å². The molecular formula is C24H24N2O. The predicted octanol–water partition coefficient (Wildman–Crippen LogP) is 5.27. The van der Waals surface area contributed by atoms with Crippen LogP contribution in [0.1, 0.15) is 38.2 Å². The van der Waals surface area contributed by atoms with E-state index in [-0.39, 0.29) is 17.2 Å². The summed E-state index contributed by atoms with van der Waals surface area (Å²) in [4.78, 5) is 12.7. The number of nitrogens with one attached hydrogen (secondary N) is 1. The fourth-order valence-corrected chi connectivity index (χ4v) is 5.27. The summed E-state index contributed by atoms with van der Waals surface area (Å²) in [6.45, 7) is 2.27. The fraction of sp³-hybridized carbons (Fsp3) is 0.333. The molecule has 0 spiro atoms. The normalized spacial score (nSPS) is 27.0. The Balaban J connectivity index is 1.44. The van der Waals surface area contributed by atoms with Crippen molar-refractivity contribution in [3.63, 3.8) is 0 Å². The monoisotopic (exact) mass is 356 g/mol. The van der Waals surface area contributed by atoms with Crippen LogP contribution in [0.2, 0.25) is 0 Å². The summed E-state index contributed by atoms with van der Waals surface area (Å²) in [6, 6.07) is 18.9. The summed E-state index contributed by atoms with van der Waals surface area (Å²) in [6.07, 6.45) is 6.69. The maximum Gasteiger partial charge on any atom is 0.244 e. The van der Waals surface area contributed by atoms with Gasteiger partial charge in [-0.3, -0.25) is 4.79 Å². The largest absolute Gasteiger partial charge is 0.273 e. The van der Waals surface area contributed by atoms with Gasteiger partial charge in [0, 0.05) is 11.5 Å². The van der Waals surface area contributed by atoms with Gasteiger partial charge in [0.1, 0.15) is 0 Å². The third-order valence-corrected chi connectivity index (χ3v) is 6.80. The van der Waals surface area contributed by atoms with Gasteiger partial charge in [-0.1, -0.05) is 68.3 Å². The first kappa shape index (κ1) is 16.5. The second-order valence-electron chi connectivity index (χ2n) is 8.30. The number of rotatable bonds is 3. The van der Waals surface area contributed by atoms with Crippen LogP contribution in [0.5, 0.6) is 0 Å². The molecule has 5 rings (SSSR count). The van der Waals surface area contributed by atoms with Crippen molar-refractivity contribution >= 4 is 33.7 Å². The third-order valence-electron chi connectivity index (χ3n) is 6.80. The first-order valence-electron chi connectivity index (χ1n) is 9.92. The van der Waals surface area contributed by atoms with Crippen LogP contribution in [0.4, 0.5) is 0 Å². The van der Waals surface area contributed by atoms with Crippen LogP contribution in [0.3, 0.4) is 0 Å². The number of hydrazone groups is 1. The lowest BCUT2D eigenvalue weighted by Crippen LogP contribution is -2.22. The average molecular weight is 356 g/mol. The van der Waals surface area contributed by atoms with E-state index in [4.69, 9.17) is 0 Å². The van der Waals surface area contributed by atoms with Crippen molar-refractivity contribution in [3.8, 4) is 0 Å². The Kier molecular flexibility index (Phi) is 3.78. The molecule has 3 atom stereocenters. The van der Waals surface area contributed by atoms with Gasteiger partial charge < -0.3 is 0 Å². The van der Waals surface area contributed by atoms with E-state index >= 15 is 0 Å². The van der Waals surface area contributed by atoms with Gasteiger partial charge in [-0.05, 0) is 51.8 Å². The first-order chi connectivity index (χ1) is 13.2. The van der Waals surface area contributed by atoms with Gasteiger partial charge in [0.2, 0.25) is 5.91 Å². The molecule has 3 nitrogen and oxygen atoms in total. The lowest BCUT2D eigenvalue weighted by Gasteiger charge is -2.15. The summed E-state index contributed by atoms with van der Waals surface area (Å²) >= 11 is 0. The molecule has 0 radical (unpaired) electrons. The van der Waals surface area contributed by atoms with E-state index < -0.39 is 0 Å². The minimum Gasteiger partial charge on any atom is -0.273 e. The molecule has 0 heterocycles. The number of carbonyl (C=O) groups is 1. The highest BCUT2D eigenvalue weighted by Crippen LogP contribution is 2.66. The van der Waals surface area contributed by atoms with Crippen molar-refractivity contribution in [2.45, 2.75) is 32.6 Å². The summed E-state index contributed by atoms with van der Waals surface area (Å²) in [7, 11) is 0. The van der Waals surface area contributed by atoms with Gasteiger partial charge in [-0.15, -0.1) is 0 Å². The summed E-state index contributed by atoms with van der Waals surface area (Å²) in [5.74, 6) is 0.784. The Morgan fingerprint density at radius 2 is 1.74 bits per heavy atom. The van der Waals surface area contributed by atoms with Crippen LogP contribution >= 0.6 is 0 Å². The molecule has 2 aliphatic rings. The molecule has 27 heavy (non-hydrogen) atoms. The highest BCUT2D eigenvalue weighted by atomic mass is 16.2.